The summed E-state index contributed by atoms with van der Waals surface area (Å²) in [5.74, 6) is -2.12. The smallest absolute Gasteiger partial charge is 0.408 e. The molecule has 0 bridgehead atoms. The van der Waals surface area contributed by atoms with Crippen molar-refractivity contribution in [3.05, 3.63) is 0 Å². The van der Waals surface area contributed by atoms with Gasteiger partial charge in [0.05, 0.1) is 0 Å². The fraction of sp³-hybridized carbons (Fsp3) is 0.750. The highest BCUT2D eigenvalue weighted by molar-refractivity contribution is 5.89. The molecule has 150 valence electrons. The van der Waals surface area contributed by atoms with Crippen LogP contribution in [0.3, 0.4) is 0 Å². The van der Waals surface area contributed by atoms with E-state index in [4.69, 9.17) is 10.5 Å². The molecule has 0 aliphatic heterocycles. The van der Waals surface area contributed by atoms with Gasteiger partial charge < -0.3 is 31.5 Å². The number of nitrogens with one attached hydrogen (secondary N) is 3. The standard InChI is InChI=1S/C16H30N4O6/c1-9(2)11(20-15(25)26-16(3,4)5)12(21)19-10(13(22)23)7-6-8-18-14(17)24/h9-11H,6-8H2,1-5H3,(H,19,21)(H,20,25)(H,22,23)(H3,17,18,24). The molecule has 0 aliphatic carbocycles. The molecule has 0 rings (SSSR count). The topological polar surface area (TPSA) is 160 Å². The van der Waals surface area contributed by atoms with E-state index in [2.05, 4.69) is 16.0 Å². The number of nitrogens with two attached hydrogens (primary N) is 1. The Labute approximate surface area is 153 Å². The number of carboxylic acids is 1. The van der Waals surface area contributed by atoms with Gasteiger partial charge >= 0.3 is 18.1 Å². The summed E-state index contributed by atoms with van der Waals surface area (Å²) in [7, 11) is 0. The summed E-state index contributed by atoms with van der Waals surface area (Å²) in [4.78, 5) is 46.2. The van der Waals surface area contributed by atoms with E-state index in [1.54, 1.807) is 34.6 Å². The molecular weight excluding hydrogens is 344 g/mol. The quantitative estimate of drug-likeness (QED) is 0.371. The molecule has 0 fully saturated rings. The normalized spacial score (nSPS) is 13.5. The van der Waals surface area contributed by atoms with Gasteiger partial charge in [-0.15, -0.1) is 0 Å². The Morgan fingerprint density at radius 1 is 1.12 bits per heavy atom. The Bertz CT molecular complexity index is 515. The molecule has 6 N–H and O–H groups in total. The van der Waals surface area contributed by atoms with Crippen molar-refractivity contribution in [3.8, 4) is 0 Å². The number of carbonyl (C=O) groups is 4. The van der Waals surface area contributed by atoms with E-state index in [0.717, 1.165) is 0 Å². The number of hydrogen-bond donors (Lipinski definition) is 5. The monoisotopic (exact) mass is 374 g/mol. The molecule has 4 amide bonds. The zero-order valence-electron chi connectivity index (χ0n) is 15.9. The molecule has 26 heavy (non-hydrogen) atoms. The average molecular weight is 374 g/mol. The molecule has 0 aliphatic rings. The first-order valence-electron chi connectivity index (χ1n) is 8.39. The SMILES string of the molecule is CC(C)C(NC(=O)OC(C)(C)C)C(=O)NC(CCCNC(N)=O)C(=O)O. The van der Waals surface area contributed by atoms with Crippen LogP contribution >= 0.6 is 0 Å². The number of rotatable bonds is 9. The summed E-state index contributed by atoms with van der Waals surface area (Å²) < 4.78 is 5.12. The first-order chi connectivity index (χ1) is 11.8. The molecule has 0 aromatic heterocycles. The fourth-order valence-corrected chi connectivity index (χ4v) is 2.01. The summed E-state index contributed by atoms with van der Waals surface area (Å²) in [6.07, 6.45) is -0.353. The third-order valence-corrected chi connectivity index (χ3v) is 3.20. The second-order valence-electron chi connectivity index (χ2n) is 7.20. The Balaban J connectivity index is 4.80. The number of carboxylic acid groups (broad SMARTS) is 1. The van der Waals surface area contributed by atoms with Crippen LogP contribution in [0, 0.1) is 5.92 Å². The summed E-state index contributed by atoms with van der Waals surface area (Å²) in [6.45, 7) is 8.70. The van der Waals surface area contributed by atoms with E-state index < -0.39 is 41.7 Å². The van der Waals surface area contributed by atoms with Crippen LogP contribution in [0.5, 0.6) is 0 Å². The van der Waals surface area contributed by atoms with Crippen molar-refractivity contribution in [1.29, 1.82) is 0 Å². The molecule has 2 atom stereocenters. The van der Waals surface area contributed by atoms with Crippen LogP contribution < -0.4 is 21.7 Å². The van der Waals surface area contributed by atoms with Crippen molar-refractivity contribution >= 4 is 24.0 Å². The molecule has 0 aromatic rings. The van der Waals surface area contributed by atoms with Crippen LogP contribution in [0.25, 0.3) is 0 Å². The number of carbonyl (C=O) groups excluding carboxylic acids is 3. The predicted octanol–water partition coefficient (Wildman–Crippen LogP) is 0.554. The zero-order valence-corrected chi connectivity index (χ0v) is 15.9. The lowest BCUT2D eigenvalue weighted by Crippen LogP contribution is -2.54. The molecule has 0 saturated heterocycles. The minimum absolute atomic E-state index is 0.0958. The van der Waals surface area contributed by atoms with E-state index in [1.165, 1.54) is 0 Å². The second kappa shape index (κ2) is 10.5. The van der Waals surface area contributed by atoms with Crippen molar-refractivity contribution in [2.24, 2.45) is 11.7 Å². The van der Waals surface area contributed by atoms with Crippen LogP contribution in [-0.2, 0) is 14.3 Å². The molecule has 0 aromatic carbocycles. The van der Waals surface area contributed by atoms with Gasteiger partial charge in [0.15, 0.2) is 0 Å². The maximum atomic E-state index is 12.4. The van der Waals surface area contributed by atoms with Gasteiger partial charge in [0.1, 0.15) is 17.7 Å². The molecule has 10 nitrogen and oxygen atoms in total. The van der Waals surface area contributed by atoms with Gasteiger partial charge in [-0.25, -0.2) is 14.4 Å². The first-order valence-corrected chi connectivity index (χ1v) is 8.39. The van der Waals surface area contributed by atoms with Crippen LogP contribution in [0.2, 0.25) is 0 Å². The number of ether oxygens (including phenoxy) is 1. The maximum absolute atomic E-state index is 12.4. The lowest BCUT2D eigenvalue weighted by Gasteiger charge is -2.26. The van der Waals surface area contributed by atoms with Gasteiger partial charge in [-0.2, -0.15) is 0 Å². The minimum atomic E-state index is -1.21. The van der Waals surface area contributed by atoms with E-state index in [9.17, 15) is 24.3 Å². The van der Waals surface area contributed by atoms with Crippen molar-refractivity contribution in [3.63, 3.8) is 0 Å². The molecule has 2 unspecified atom stereocenters. The van der Waals surface area contributed by atoms with Crippen molar-refractivity contribution in [1.82, 2.24) is 16.0 Å². The highest BCUT2D eigenvalue weighted by atomic mass is 16.6. The van der Waals surface area contributed by atoms with Crippen LogP contribution in [0.4, 0.5) is 9.59 Å². The predicted molar refractivity (Wildman–Crippen MR) is 94.4 cm³/mol. The number of amides is 4. The summed E-state index contributed by atoms with van der Waals surface area (Å²) in [5, 5.41) is 16.4. The highest BCUT2D eigenvalue weighted by Gasteiger charge is 2.30. The number of alkyl carbamates (subject to hydrolysis) is 1. The minimum Gasteiger partial charge on any atom is -0.480 e. The van der Waals surface area contributed by atoms with E-state index >= 15 is 0 Å². The molecule has 0 heterocycles. The summed E-state index contributed by atoms with van der Waals surface area (Å²) in [5.41, 5.74) is 4.20. The third kappa shape index (κ3) is 10.4. The first kappa shape index (κ1) is 23.5. The van der Waals surface area contributed by atoms with Gasteiger partial charge in [-0.3, -0.25) is 4.79 Å². The van der Waals surface area contributed by atoms with Crippen molar-refractivity contribution in [2.75, 3.05) is 6.54 Å². The van der Waals surface area contributed by atoms with Crippen molar-refractivity contribution < 1.29 is 29.0 Å². The number of hydrogen-bond acceptors (Lipinski definition) is 5. The second-order valence-corrected chi connectivity index (χ2v) is 7.20. The van der Waals surface area contributed by atoms with Gasteiger partial charge in [0.2, 0.25) is 5.91 Å². The Hall–Kier alpha value is -2.52. The van der Waals surface area contributed by atoms with E-state index in [-0.39, 0.29) is 18.9 Å². The zero-order chi connectivity index (χ0) is 20.5. The maximum Gasteiger partial charge on any atom is 0.408 e. The molecule has 0 radical (unpaired) electrons. The number of aliphatic carboxylic acids is 1. The van der Waals surface area contributed by atoms with Crippen LogP contribution in [-0.4, -0.2) is 53.3 Å². The molecule has 10 heteroatoms. The largest absolute Gasteiger partial charge is 0.480 e. The van der Waals surface area contributed by atoms with Gasteiger partial charge in [0.25, 0.3) is 0 Å². The molecular formula is C16H30N4O6. The summed E-state index contributed by atoms with van der Waals surface area (Å²) >= 11 is 0. The Morgan fingerprint density at radius 3 is 2.12 bits per heavy atom. The Kier molecular flexibility index (Phi) is 9.45. The highest BCUT2D eigenvalue weighted by Crippen LogP contribution is 2.09. The molecule has 0 saturated carbocycles. The average Bonchev–Trinajstić information content (AvgIpc) is 2.44. The lowest BCUT2D eigenvalue weighted by atomic mass is 10.0. The van der Waals surface area contributed by atoms with E-state index in [1.807, 2.05) is 0 Å². The summed E-state index contributed by atoms with van der Waals surface area (Å²) in [6, 6.07) is -2.81. The van der Waals surface area contributed by atoms with Gasteiger partial charge in [-0.05, 0) is 39.5 Å². The third-order valence-electron chi connectivity index (χ3n) is 3.20. The van der Waals surface area contributed by atoms with Crippen LogP contribution in [0.15, 0.2) is 0 Å². The van der Waals surface area contributed by atoms with Gasteiger partial charge in [-0.1, -0.05) is 13.8 Å². The number of primary amides is 1. The fourth-order valence-electron chi connectivity index (χ4n) is 2.01. The van der Waals surface area contributed by atoms with Crippen molar-refractivity contribution in [2.45, 2.75) is 65.1 Å². The lowest BCUT2D eigenvalue weighted by molar-refractivity contribution is -0.142. The van der Waals surface area contributed by atoms with Gasteiger partial charge in [0, 0.05) is 6.54 Å². The van der Waals surface area contributed by atoms with Crippen LogP contribution in [0.1, 0.15) is 47.5 Å². The number of urea groups is 1. The molecule has 0 spiro atoms. The Morgan fingerprint density at radius 2 is 1.69 bits per heavy atom. The van der Waals surface area contributed by atoms with E-state index in [0.29, 0.717) is 6.42 Å².